The number of nitrogens with zero attached hydrogens (tertiary/aromatic N) is 1. The summed E-state index contributed by atoms with van der Waals surface area (Å²) in [6, 6.07) is 9.94. The van der Waals surface area contributed by atoms with E-state index in [9.17, 15) is 19.3 Å². The normalized spacial score (nSPS) is 10.1. The predicted molar refractivity (Wildman–Crippen MR) is 75.1 cm³/mol. The number of carbonyl (C=O) groups is 1. The van der Waals surface area contributed by atoms with Crippen molar-refractivity contribution < 1.29 is 14.1 Å². The number of anilines is 1. The number of amides is 1. The Bertz CT molecular complexity index is 704. The molecule has 1 amide bonds. The fourth-order valence-corrected chi connectivity index (χ4v) is 1.84. The minimum absolute atomic E-state index is 0.00594. The first-order valence-electron chi connectivity index (χ1n) is 6.05. The van der Waals surface area contributed by atoms with Gasteiger partial charge in [0, 0.05) is 18.2 Å². The van der Waals surface area contributed by atoms with Crippen molar-refractivity contribution in [2.24, 2.45) is 0 Å². The van der Waals surface area contributed by atoms with E-state index in [1.807, 2.05) is 0 Å². The Morgan fingerprint density at radius 1 is 1.24 bits per heavy atom. The van der Waals surface area contributed by atoms with Gasteiger partial charge in [-0.3, -0.25) is 14.9 Å². The number of nitro groups is 1. The maximum absolute atomic E-state index is 13.3. The van der Waals surface area contributed by atoms with Crippen molar-refractivity contribution in [3.8, 4) is 0 Å². The first-order valence-corrected chi connectivity index (χ1v) is 6.05. The zero-order valence-electron chi connectivity index (χ0n) is 10.9. The van der Waals surface area contributed by atoms with Crippen LogP contribution >= 0.6 is 0 Å². The molecular formula is C14H12FN3O3. The number of hydrogen-bond donors (Lipinski definition) is 2. The Morgan fingerprint density at radius 3 is 2.67 bits per heavy atom. The van der Waals surface area contributed by atoms with E-state index in [1.54, 1.807) is 6.07 Å². The zero-order valence-corrected chi connectivity index (χ0v) is 10.9. The van der Waals surface area contributed by atoms with Crippen LogP contribution in [0.1, 0.15) is 15.9 Å². The smallest absolute Gasteiger partial charge is 0.274 e. The number of hydrogen-bond acceptors (Lipinski definition) is 4. The third-order valence-corrected chi connectivity index (χ3v) is 2.93. The molecule has 0 fully saturated rings. The van der Waals surface area contributed by atoms with Crippen LogP contribution in [0.3, 0.4) is 0 Å². The summed E-state index contributed by atoms with van der Waals surface area (Å²) in [6.45, 7) is -0.0497. The maximum atomic E-state index is 13.3. The van der Waals surface area contributed by atoms with Crippen molar-refractivity contribution in [3.05, 3.63) is 69.5 Å². The molecule has 0 spiro atoms. The second-order valence-electron chi connectivity index (χ2n) is 4.27. The van der Waals surface area contributed by atoms with Crippen LogP contribution < -0.4 is 11.1 Å². The van der Waals surface area contributed by atoms with Crippen LogP contribution in [-0.2, 0) is 6.54 Å². The van der Waals surface area contributed by atoms with Gasteiger partial charge < -0.3 is 11.1 Å². The lowest BCUT2D eigenvalue weighted by Gasteiger charge is -2.08. The van der Waals surface area contributed by atoms with Crippen molar-refractivity contribution in [3.63, 3.8) is 0 Å². The van der Waals surface area contributed by atoms with Gasteiger partial charge in [-0.2, -0.15) is 0 Å². The second kappa shape index (κ2) is 6.00. The molecule has 7 heteroatoms. The van der Waals surface area contributed by atoms with E-state index in [2.05, 4.69) is 5.32 Å². The highest BCUT2D eigenvalue weighted by Crippen LogP contribution is 2.18. The number of carbonyl (C=O) groups excluding carboxylic acids is 1. The van der Waals surface area contributed by atoms with Gasteiger partial charge in [0.25, 0.3) is 11.6 Å². The minimum atomic E-state index is -0.687. The van der Waals surface area contributed by atoms with Crippen LogP contribution in [0.25, 0.3) is 0 Å². The van der Waals surface area contributed by atoms with Crippen LogP contribution in [0, 0.1) is 15.9 Å². The molecule has 0 aromatic heterocycles. The highest BCUT2D eigenvalue weighted by molar-refractivity contribution is 5.99. The lowest BCUT2D eigenvalue weighted by Crippen LogP contribution is -2.24. The van der Waals surface area contributed by atoms with Crippen LogP contribution in [-0.4, -0.2) is 10.8 Å². The van der Waals surface area contributed by atoms with Gasteiger partial charge in [0.2, 0.25) is 0 Å². The molecule has 0 aliphatic carbocycles. The summed E-state index contributed by atoms with van der Waals surface area (Å²) >= 11 is 0. The molecule has 21 heavy (non-hydrogen) atoms. The molecule has 0 unspecified atom stereocenters. The van der Waals surface area contributed by atoms with Gasteiger partial charge >= 0.3 is 0 Å². The molecule has 0 aliphatic heterocycles. The molecule has 2 rings (SSSR count). The van der Waals surface area contributed by atoms with Crippen LogP contribution in [0.15, 0.2) is 42.5 Å². The molecule has 2 aromatic carbocycles. The fourth-order valence-electron chi connectivity index (χ4n) is 1.84. The lowest BCUT2D eigenvalue weighted by atomic mass is 10.1. The average molecular weight is 289 g/mol. The maximum Gasteiger partial charge on any atom is 0.274 e. The number of halogens is 1. The van der Waals surface area contributed by atoms with Gasteiger partial charge in [0.1, 0.15) is 5.82 Å². The molecular weight excluding hydrogens is 277 g/mol. The number of para-hydroxylation sites is 2. The van der Waals surface area contributed by atoms with Crippen molar-refractivity contribution >= 4 is 17.3 Å². The van der Waals surface area contributed by atoms with Gasteiger partial charge in [-0.25, -0.2) is 4.39 Å². The van der Waals surface area contributed by atoms with Crippen LogP contribution in [0.2, 0.25) is 0 Å². The number of nitrogen functional groups attached to an aromatic ring is 1. The molecule has 0 heterocycles. The Kier molecular flexibility index (Phi) is 4.13. The summed E-state index contributed by atoms with van der Waals surface area (Å²) in [5.74, 6) is -1.28. The highest BCUT2D eigenvalue weighted by Gasteiger charge is 2.15. The van der Waals surface area contributed by atoms with Gasteiger partial charge in [0.05, 0.1) is 16.2 Å². The fraction of sp³-hybridized carbons (Fsp3) is 0.0714. The van der Waals surface area contributed by atoms with Crippen LogP contribution in [0.4, 0.5) is 15.8 Å². The lowest BCUT2D eigenvalue weighted by molar-refractivity contribution is -0.385. The first kappa shape index (κ1) is 14.4. The molecule has 108 valence electrons. The Labute approximate surface area is 119 Å². The van der Waals surface area contributed by atoms with Gasteiger partial charge in [0.15, 0.2) is 0 Å². The number of nitrogens with one attached hydrogen (secondary N) is 1. The van der Waals surface area contributed by atoms with E-state index in [0.29, 0.717) is 5.56 Å². The standard InChI is InChI=1S/C14H12FN3O3/c15-11-6-3-5-10(13(11)16)14(19)17-8-9-4-1-2-7-12(9)18(20)21/h1-7H,8,16H2,(H,17,19). The summed E-state index contributed by atoms with van der Waals surface area (Å²) in [7, 11) is 0. The number of nitro benzene ring substituents is 1. The monoisotopic (exact) mass is 289 g/mol. The molecule has 0 aliphatic rings. The number of nitrogens with two attached hydrogens (primary N) is 1. The average Bonchev–Trinajstić information content (AvgIpc) is 2.47. The summed E-state index contributed by atoms with van der Waals surface area (Å²) < 4.78 is 13.3. The molecule has 0 radical (unpaired) electrons. The molecule has 6 nitrogen and oxygen atoms in total. The van der Waals surface area contributed by atoms with E-state index in [4.69, 9.17) is 5.73 Å². The summed E-state index contributed by atoms with van der Waals surface area (Å²) in [5, 5.41) is 13.3. The molecule has 3 N–H and O–H groups in total. The van der Waals surface area contributed by atoms with Gasteiger partial charge in [-0.1, -0.05) is 24.3 Å². The molecule has 0 bridgehead atoms. The van der Waals surface area contributed by atoms with E-state index in [0.717, 1.165) is 6.07 Å². The zero-order chi connectivity index (χ0) is 15.4. The van der Waals surface area contributed by atoms with E-state index >= 15 is 0 Å². The summed E-state index contributed by atoms with van der Waals surface area (Å²) in [6.07, 6.45) is 0. The summed E-state index contributed by atoms with van der Waals surface area (Å²) in [4.78, 5) is 22.3. The van der Waals surface area contributed by atoms with Crippen molar-refractivity contribution in [1.82, 2.24) is 5.32 Å². The molecule has 0 saturated carbocycles. The SMILES string of the molecule is Nc1c(F)cccc1C(=O)NCc1ccccc1[N+](=O)[O-]. The van der Waals surface area contributed by atoms with Gasteiger partial charge in [-0.05, 0) is 12.1 Å². The van der Waals surface area contributed by atoms with E-state index < -0.39 is 16.6 Å². The topological polar surface area (TPSA) is 98.3 Å². The number of benzene rings is 2. The van der Waals surface area contributed by atoms with Gasteiger partial charge in [-0.15, -0.1) is 0 Å². The second-order valence-corrected chi connectivity index (χ2v) is 4.27. The minimum Gasteiger partial charge on any atom is -0.396 e. The molecule has 0 saturated heterocycles. The molecule has 0 atom stereocenters. The van der Waals surface area contributed by atoms with Crippen molar-refractivity contribution in [2.45, 2.75) is 6.54 Å². The van der Waals surface area contributed by atoms with E-state index in [-0.39, 0.29) is 23.5 Å². The Balaban J connectivity index is 2.15. The third-order valence-electron chi connectivity index (χ3n) is 2.93. The molecule has 2 aromatic rings. The highest BCUT2D eigenvalue weighted by atomic mass is 19.1. The van der Waals surface area contributed by atoms with E-state index in [1.165, 1.54) is 30.3 Å². The third kappa shape index (κ3) is 3.14. The Hall–Kier alpha value is -2.96. The predicted octanol–water partition coefficient (Wildman–Crippen LogP) is 2.25. The summed E-state index contributed by atoms with van der Waals surface area (Å²) in [5.41, 5.74) is 5.49. The van der Waals surface area contributed by atoms with Crippen LogP contribution in [0.5, 0.6) is 0 Å². The largest absolute Gasteiger partial charge is 0.396 e. The van der Waals surface area contributed by atoms with Crippen molar-refractivity contribution in [1.29, 1.82) is 0 Å². The number of rotatable bonds is 4. The Morgan fingerprint density at radius 2 is 1.95 bits per heavy atom. The van der Waals surface area contributed by atoms with Crippen molar-refractivity contribution in [2.75, 3.05) is 5.73 Å². The first-order chi connectivity index (χ1) is 10.0. The quantitative estimate of drug-likeness (QED) is 0.512.